The lowest BCUT2D eigenvalue weighted by Crippen LogP contribution is -2.12. The molecule has 0 unspecified atom stereocenters. The van der Waals surface area contributed by atoms with Crippen molar-refractivity contribution < 1.29 is 14.3 Å². The number of benzene rings is 1. The molecule has 9 heteroatoms. The maximum atomic E-state index is 12.3. The summed E-state index contributed by atoms with van der Waals surface area (Å²) in [6.45, 7) is 3.97. The zero-order chi connectivity index (χ0) is 17.3. The van der Waals surface area contributed by atoms with Gasteiger partial charge in [-0.25, -0.2) is 4.79 Å². The van der Waals surface area contributed by atoms with Crippen molar-refractivity contribution in [2.24, 2.45) is 0 Å². The van der Waals surface area contributed by atoms with Crippen molar-refractivity contribution in [3.05, 3.63) is 40.7 Å². The molecule has 124 valence electrons. The van der Waals surface area contributed by atoms with Crippen molar-refractivity contribution in [1.82, 2.24) is 19.8 Å². The Morgan fingerprint density at radius 3 is 2.54 bits per heavy atom. The molecule has 3 rings (SSSR count). The third-order valence-corrected chi connectivity index (χ3v) is 4.19. The molecule has 0 aliphatic heterocycles. The van der Waals surface area contributed by atoms with E-state index < -0.39 is 5.97 Å². The lowest BCUT2D eigenvalue weighted by Gasteiger charge is -2.04. The van der Waals surface area contributed by atoms with Gasteiger partial charge in [-0.2, -0.15) is 4.52 Å². The summed E-state index contributed by atoms with van der Waals surface area (Å²) in [5, 5.41) is 15.4. The van der Waals surface area contributed by atoms with Gasteiger partial charge in [-0.05, 0) is 24.3 Å². The van der Waals surface area contributed by atoms with E-state index in [1.807, 2.05) is 13.8 Å². The summed E-state index contributed by atoms with van der Waals surface area (Å²) in [4.78, 5) is 24.3. The molecule has 2 aromatic heterocycles. The summed E-state index contributed by atoms with van der Waals surface area (Å²) in [6.07, 6.45) is 0. The number of hydrogen-bond donors (Lipinski definition) is 1. The second-order valence-electron chi connectivity index (χ2n) is 5.34. The summed E-state index contributed by atoms with van der Waals surface area (Å²) >= 11 is 1.17. The molecule has 24 heavy (non-hydrogen) atoms. The molecule has 0 aliphatic rings. The van der Waals surface area contributed by atoms with Gasteiger partial charge in [-0.15, -0.1) is 15.3 Å². The molecule has 8 nitrogen and oxygen atoms in total. The van der Waals surface area contributed by atoms with Gasteiger partial charge in [0, 0.05) is 11.6 Å². The van der Waals surface area contributed by atoms with E-state index in [0.717, 1.165) is 0 Å². The minimum atomic E-state index is -0.428. The van der Waals surface area contributed by atoms with Crippen LogP contribution < -0.4 is 5.32 Å². The molecule has 0 bridgehead atoms. The largest absolute Gasteiger partial charge is 0.465 e. The van der Waals surface area contributed by atoms with Gasteiger partial charge >= 0.3 is 5.97 Å². The van der Waals surface area contributed by atoms with Crippen molar-refractivity contribution in [3.63, 3.8) is 0 Å². The molecule has 3 aromatic rings. The number of aromatic nitrogens is 4. The van der Waals surface area contributed by atoms with Gasteiger partial charge in [0.1, 0.15) is 0 Å². The Morgan fingerprint density at radius 1 is 1.21 bits per heavy atom. The maximum Gasteiger partial charge on any atom is 0.337 e. The minimum Gasteiger partial charge on any atom is -0.465 e. The fourth-order valence-electron chi connectivity index (χ4n) is 2.08. The van der Waals surface area contributed by atoms with Crippen molar-refractivity contribution in [2.45, 2.75) is 19.8 Å². The Hall–Kier alpha value is -2.81. The van der Waals surface area contributed by atoms with Crippen LogP contribution in [0, 0.1) is 0 Å². The second-order valence-corrected chi connectivity index (χ2v) is 6.29. The lowest BCUT2D eigenvalue weighted by molar-refractivity contribution is 0.0600. The van der Waals surface area contributed by atoms with Crippen molar-refractivity contribution >= 4 is 33.9 Å². The number of rotatable bonds is 4. The fourth-order valence-corrected chi connectivity index (χ4v) is 2.82. The first-order valence-electron chi connectivity index (χ1n) is 7.21. The highest BCUT2D eigenvalue weighted by molar-refractivity contribution is 7.18. The Balaban J connectivity index is 1.78. The number of nitrogens with one attached hydrogen (secondary N) is 1. The SMILES string of the molecule is COC(=O)c1ccc(NC(=O)c2nn3c(C(C)C)nnc3s2)cc1. The number of carbonyl (C=O) groups excluding carboxylic acids is 2. The van der Waals surface area contributed by atoms with Crippen LogP contribution in [0.1, 0.15) is 45.7 Å². The van der Waals surface area contributed by atoms with Gasteiger partial charge < -0.3 is 10.1 Å². The number of nitrogens with zero attached hydrogens (tertiary/aromatic N) is 4. The monoisotopic (exact) mass is 345 g/mol. The van der Waals surface area contributed by atoms with Crippen molar-refractivity contribution in [2.75, 3.05) is 12.4 Å². The summed E-state index contributed by atoms with van der Waals surface area (Å²) in [5.74, 6) is 0.0976. The minimum absolute atomic E-state index is 0.156. The molecule has 1 amide bonds. The van der Waals surface area contributed by atoms with E-state index >= 15 is 0 Å². The molecular weight excluding hydrogens is 330 g/mol. The Morgan fingerprint density at radius 2 is 1.92 bits per heavy atom. The number of esters is 1. The van der Waals surface area contributed by atoms with E-state index in [1.54, 1.807) is 28.8 Å². The average Bonchev–Trinajstić information content (AvgIpc) is 3.14. The number of hydrogen-bond acceptors (Lipinski definition) is 7. The second kappa shape index (κ2) is 6.36. The zero-order valence-corrected chi connectivity index (χ0v) is 14.1. The molecular formula is C15H15N5O3S. The zero-order valence-electron chi connectivity index (χ0n) is 13.3. The summed E-state index contributed by atoms with van der Waals surface area (Å²) in [7, 11) is 1.32. The normalized spacial score (nSPS) is 11.0. The molecule has 0 radical (unpaired) electrons. The highest BCUT2D eigenvalue weighted by Gasteiger charge is 2.18. The molecule has 1 N–H and O–H groups in total. The van der Waals surface area contributed by atoms with E-state index in [9.17, 15) is 9.59 Å². The molecule has 1 aromatic carbocycles. The average molecular weight is 345 g/mol. The Labute approximate surface area is 141 Å². The van der Waals surface area contributed by atoms with Gasteiger partial charge in [-0.1, -0.05) is 25.2 Å². The molecule has 0 saturated carbocycles. The topological polar surface area (TPSA) is 98.5 Å². The van der Waals surface area contributed by atoms with E-state index in [1.165, 1.54) is 18.4 Å². The van der Waals surface area contributed by atoms with Crippen LogP contribution in [0.3, 0.4) is 0 Å². The number of carbonyl (C=O) groups is 2. The van der Waals surface area contributed by atoms with E-state index in [4.69, 9.17) is 0 Å². The molecule has 0 fully saturated rings. The van der Waals surface area contributed by atoms with Crippen LogP contribution in [0.5, 0.6) is 0 Å². The van der Waals surface area contributed by atoms with Crippen molar-refractivity contribution in [3.8, 4) is 0 Å². The van der Waals surface area contributed by atoms with Crippen LogP contribution in [0.2, 0.25) is 0 Å². The smallest absolute Gasteiger partial charge is 0.337 e. The van der Waals surface area contributed by atoms with Crippen molar-refractivity contribution in [1.29, 1.82) is 0 Å². The predicted octanol–water partition coefficient (Wildman–Crippen LogP) is 2.35. The number of fused-ring (bicyclic) bond motifs is 1. The van der Waals surface area contributed by atoms with Gasteiger partial charge in [0.05, 0.1) is 12.7 Å². The Bertz CT molecular complexity index is 898. The number of amides is 1. The first-order valence-corrected chi connectivity index (χ1v) is 8.03. The molecule has 0 spiro atoms. The number of ether oxygens (including phenoxy) is 1. The standard InChI is InChI=1S/C15H15N5O3S/c1-8(2)11-17-18-15-20(11)19-13(24-15)12(21)16-10-6-4-9(5-7-10)14(22)23-3/h4-8H,1-3H3,(H,16,21). The molecule has 0 aliphatic carbocycles. The van der Waals surface area contributed by atoms with Gasteiger partial charge in [0.2, 0.25) is 9.97 Å². The quantitative estimate of drug-likeness (QED) is 0.729. The molecule has 2 heterocycles. The van der Waals surface area contributed by atoms with E-state index in [2.05, 4.69) is 25.3 Å². The van der Waals surface area contributed by atoms with E-state index in [-0.39, 0.29) is 11.8 Å². The summed E-state index contributed by atoms with van der Waals surface area (Å²) in [5.41, 5.74) is 0.971. The highest BCUT2D eigenvalue weighted by Crippen LogP contribution is 2.19. The maximum absolute atomic E-state index is 12.3. The summed E-state index contributed by atoms with van der Waals surface area (Å²) in [6, 6.07) is 6.42. The summed E-state index contributed by atoms with van der Waals surface area (Å²) < 4.78 is 6.22. The van der Waals surface area contributed by atoms with Crippen LogP contribution in [-0.4, -0.2) is 38.8 Å². The van der Waals surface area contributed by atoms with Crippen LogP contribution >= 0.6 is 11.3 Å². The van der Waals surface area contributed by atoms with Gasteiger partial charge in [0.15, 0.2) is 5.82 Å². The van der Waals surface area contributed by atoms with Crippen LogP contribution in [0.15, 0.2) is 24.3 Å². The highest BCUT2D eigenvalue weighted by atomic mass is 32.1. The fraction of sp³-hybridized carbons (Fsp3) is 0.267. The Kier molecular flexibility index (Phi) is 4.26. The predicted molar refractivity (Wildman–Crippen MR) is 88.5 cm³/mol. The van der Waals surface area contributed by atoms with E-state index in [0.29, 0.717) is 27.0 Å². The third-order valence-electron chi connectivity index (χ3n) is 3.29. The van der Waals surface area contributed by atoms with Crippen LogP contribution in [-0.2, 0) is 4.74 Å². The third kappa shape index (κ3) is 2.98. The molecule has 0 saturated heterocycles. The molecule has 0 atom stereocenters. The lowest BCUT2D eigenvalue weighted by atomic mass is 10.2. The van der Waals surface area contributed by atoms with Gasteiger partial charge in [0.25, 0.3) is 5.91 Å². The number of anilines is 1. The first kappa shape index (κ1) is 16.1. The van der Waals surface area contributed by atoms with Crippen LogP contribution in [0.25, 0.3) is 4.96 Å². The first-order chi connectivity index (χ1) is 11.5. The van der Waals surface area contributed by atoms with Gasteiger partial charge in [-0.3, -0.25) is 4.79 Å². The van der Waals surface area contributed by atoms with Crippen LogP contribution in [0.4, 0.5) is 5.69 Å². The number of methoxy groups -OCH3 is 1.